The fourth-order valence-electron chi connectivity index (χ4n) is 4.23. The maximum absolute atomic E-state index is 12.8. The number of thioether (sulfide) groups is 1. The van der Waals surface area contributed by atoms with Crippen molar-refractivity contribution in [2.45, 2.75) is 60.3 Å². The molecule has 1 aromatic carbocycles. The molecule has 0 radical (unpaired) electrons. The molecule has 32 heavy (non-hydrogen) atoms. The van der Waals surface area contributed by atoms with Crippen molar-refractivity contribution in [1.29, 1.82) is 5.41 Å². The Labute approximate surface area is 193 Å². The first-order chi connectivity index (χ1) is 15.3. The van der Waals surface area contributed by atoms with E-state index >= 15 is 0 Å². The first-order valence-electron chi connectivity index (χ1n) is 11.0. The van der Waals surface area contributed by atoms with Crippen molar-refractivity contribution < 1.29 is 4.79 Å². The fourth-order valence-corrected chi connectivity index (χ4v) is 5.15. The molecule has 0 unspecified atom stereocenters. The van der Waals surface area contributed by atoms with Crippen molar-refractivity contribution in [3.63, 3.8) is 0 Å². The largest absolute Gasteiger partial charge is 0.318 e. The van der Waals surface area contributed by atoms with Crippen LogP contribution in [0.4, 0.5) is 0 Å². The Kier molecular flexibility index (Phi) is 6.20. The molecule has 1 aromatic heterocycles. The van der Waals surface area contributed by atoms with Crippen LogP contribution in [0.1, 0.15) is 60.7 Å². The number of carbonyl (C=O) groups excluding carboxylic acids is 1. The number of nitrogens with one attached hydrogen (secondary N) is 1. The average Bonchev–Trinajstić information content (AvgIpc) is 3.24. The first-order valence-corrected chi connectivity index (χ1v) is 11.9. The summed E-state index contributed by atoms with van der Waals surface area (Å²) in [4.78, 5) is 17.0. The molecule has 2 aromatic rings. The zero-order valence-electron chi connectivity index (χ0n) is 19.3. The second-order valence-corrected chi connectivity index (χ2v) is 9.52. The molecule has 2 aliphatic rings. The van der Waals surface area contributed by atoms with Gasteiger partial charge < -0.3 is 4.57 Å². The molecule has 0 spiro atoms. The van der Waals surface area contributed by atoms with Gasteiger partial charge in [-0.15, -0.1) is 0 Å². The van der Waals surface area contributed by atoms with E-state index in [1.807, 2.05) is 6.92 Å². The molecule has 2 aliphatic heterocycles. The van der Waals surface area contributed by atoms with Gasteiger partial charge in [-0.3, -0.25) is 10.2 Å². The number of hydrogen-bond acceptors (Lipinski definition) is 4. The Hall–Kier alpha value is -2.93. The van der Waals surface area contributed by atoms with Gasteiger partial charge in [0.25, 0.3) is 5.91 Å². The molecule has 6 nitrogen and oxygen atoms in total. The lowest BCUT2D eigenvalue weighted by atomic mass is 10.1. The highest BCUT2D eigenvalue weighted by molar-refractivity contribution is 8.26. The summed E-state index contributed by atoms with van der Waals surface area (Å²) in [6.07, 6.45) is 5.97. The number of nitrogens with zero attached hydrogens (tertiary/aromatic N) is 4. The summed E-state index contributed by atoms with van der Waals surface area (Å²) < 4.78 is 2.19. The Morgan fingerprint density at radius 2 is 1.78 bits per heavy atom. The first kappa shape index (κ1) is 22.3. The second kappa shape index (κ2) is 8.90. The van der Waals surface area contributed by atoms with Gasteiger partial charge in [0.05, 0.1) is 5.57 Å². The predicted octanol–water partition coefficient (Wildman–Crippen LogP) is 5.91. The Morgan fingerprint density at radius 3 is 2.47 bits per heavy atom. The van der Waals surface area contributed by atoms with Crippen LogP contribution in [0.25, 0.3) is 11.8 Å². The van der Waals surface area contributed by atoms with E-state index in [-0.39, 0.29) is 17.3 Å². The van der Waals surface area contributed by atoms with Crippen molar-refractivity contribution >= 4 is 39.8 Å². The maximum atomic E-state index is 12.8. The third kappa shape index (κ3) is 4.21. The van der Waals surface area contributed by atoms with Crippen LogP contribution in [0.2, 0.25) is 0 Å². The number of aliphatic imine (C=N–C) groups is 1. The number of hydrazone groups is 1. The smallest absolute Gasteiger partial charge is 0.283 e. The number of carbonyl (C=O) groups is 1. The number of fused-ring (bicyclic) bond motifs is 1. The highest BCUT2D eigenvalue weighted by Crippen LogP contribution is 2.31. The molecule has 4 rings (SSSR count). The molecule has 0 bridgehead atoms. The van der Waals surface area contributed by atoms with Gasteiger partial charge in [0.1, 0.15) is 5.04 Å². The van der Waals surface area contributed by atoms with Crippen LogP contribution in [-0.2, 0) is 4.79 Å². The van der Waals surface area contributed by atoms with Crippen LogP contribution in [0, 0.1) is 33.1 Å². The number of hydrogen-bond donors (Lipinski definition) is 1. The lowest BCUT2D eigenvalue weighted by molar-refractivity contribution is -0.114. The van der Waals surface area contributed by atoms with Gasteiger partial charge in [0.2, 0.25) is 5.17 Å². The van der Waals surface area contributed by atoms with Crippen molar-refractivity contribution in [2.75, 3.05) is 0 Å². The minimum atomic E-state index is -0.380. The van der Waals surface area contributed by atoms with Crippen LogP contribution in [0.15, 0.2) is 39.9 Å². The molecule has 0 atom stereocenters. The van der Waals surface area contributed by atoms with Crippen molar-refractivity contribution in [2.24, 2.45) is 10.1 Å². The van der Waals surface area contributed by atoms with Crippen LogP contribution < -0.4 is 0 Å². The van der Waals surface area contributed by atoms with Crippen molar-refractivity contribution in [1.82, 2.24) is 9.58 Å². The predicted molar refractivity (Wildman–Crippen MR) is 134 cm³/mol. The van der Waals surface area contributed by atoms with Crippen molar-refractivity contribution in [3.05, 3.63) is 57.9 Å². The Morgan fingerprint density at radius 1 is 1.06 bits per heavy atom. The van der Waals surface area contributed by atoms with E-state index in [1.165, 1.54) is 27.9 Å². The summed E-state index contributed by atoms with van der Waals surface area (Å²) in [5, 5.41) is 16.1. The van der Waals surface area contributed by atoms with Gasteiger partial charge in [-0.05, 0) is 93.3 Å². The number of aromatic nitrogens is 1. The molecule has 0 saturated heterocycles. The fraction of sp³-hybridized carbons (Fsp3) is 0.360. The monoisotopic (exact) mass is 447 g/mol. The summed E-state index contributed by atoms with van der Waals surface area (Å²) >= 11 is 1.40. The second-order valence-electron chi connectivity index (χ2n) is 8.48. The Balaban J connectivity index is 1.66. The molecular weight excluding hydrogens is 418 g/mol. The van der Waals surface area contributed by atoms with E-state index in [2.05, 4.69) is 66.6 Å². The summed E-state index contributed by atoms with van der Waals surface area (Å²) in [7, 11) is 0. The van der Waals surface area contributed by atoms with Gasteiger partial charge in [0.15, 0.2) is 5.84 Å². The summed E-state index contributed by atoms with van der Waals surface area (Å²) in [6.45, 7) is 10.4. The third-order valence-electron chi connectivity index (χ3n) is 5.73. The van der Waals surface area contributed by atoms with E-state index in [9.17, 15) is 4.79 Å². The highest BCUT2D eigenvalue weighted by atomic mass is 32.2. The molecule has 3 heterocycles. The lowest BCUT2D eigenvalue weighted by Crippen LogP contribution is -2.35. The zero-order chi connectivity index (χ0) is 23.0. The van der Waals surface area contributed by atoms with Gasteiger partial charge in [0, 0.05) is 17.1 Å². The summed E-state index contributed by atoms with van der Waals surface area (Å²) in [6, 6.07) is 8.52. The number of benzene rings is 1. The standard InChI is InChI=1S/C25H29N5OS/c1-6-7-8-9-22-28-30-23(26)21(24(31)27-25(30)32-22)14-19-13-17(4)29(18(19)5)20-11-15(2)10-16(3)12-20/h10-14,26H,6-9H2,1-5H3/b21-14-,26-23?. The lowest BCUT2D eigenvalue weighted by Gasteiger charge is -2.20. The topological polar surface area (TPSA) is 73.8 Å². The molecule has 0 fully saturated rings. The van der Waals surface area contributed by atoms with Crippen LogP contribution >= 0.6 is 11.8 Å². The van der Waals surface area contributed by atoms with Gasteiger partial charge in [-0.1, -0.05) is 25.8 Å². The Bertz CT molecular complexity index is 1180. The molecule has 7 heteroatoms. The summed E-state index contributed by atoms with van der Waals surface area (Å²) in [5.74, 6) is -0.288. The minimum absolute atomic E-state index is 0.0918. The van der Waals surface area contributed by atoms with Crippen molar-refractivity contribution in [3.8, 4) is 5.69 Å². The molecule has 1 N–H and O–H groups in total. The van der Waals surface area contributed by atoms with Gasteiger partial charge >= 0.3 is 0 Å². The van der Waals surface area contributed by atoms with E-state index in [1.54, 1.807) is 6.08 Å². The molecule has 1 amide bonds. The minimum Gasteiger partial charge on any atom is -0.318 e. The SMILES string of the molecule is CCCCCC1=NN2C(=N)/C(=C/c3cc(C)n(-c4cc(C)cc(C)c4)c3C)C(=O)N=C2S1. The quantitative estimate of drug-likeness (QED) is 0.442. The van der Waals surface area contributed by atoms with E-state index in [4.69, 9.17) is 5.41 Å². The van der Waals surface area contributed by atoms with E-state index in [0.717, 1.165) is 53.4 Å². The number of rotatable bonds is 6. The number of amidine groups is 2. The van der Waals surface area contributed by atoms with Gasteiger partial charge in [-0.2, -0.15) is 15.1 Å². The zero-order valence-corrected chi connectivity index (χ0v) is 20.1. The highest BCUT2D eigenvalue weighted by Gasteiger charge is 2.35. The average molecular weight is 448 g/mol. The normalized spacial score (nSPS) is 17.2. The molecule has 0 saturated carbocycles. The third-order valence-corrected chi connectivity index (χ3v) is 6.69. The number of unbranched alkanes of at least 4 members (excludes halogenated alkanes) is 2. The van der Waals surface area contributed by atoms with Crippen LogP contribution in [-0.4, -0.2) is 31.5 Å². The van der Waals surface area contributed by atoms with E-state index < -0.39 is 0 Å². The molecular formula is C25H29N5OS. The molecule has 0 aliphatic carbocycles. The van der Waals surface area contributed by atoms with Crippen LogP contribution in [0.5, 0.6) is 0 Å². The van der Waals surface area contributed by atoms with E-state index in [0.29, 0.717) is 5.17 Å². The van der Waals surface area contributed by atoms with Crippen LogP contribution in [0.3, 0.4) is 0 Å². The molecule has 166 valence electrons. The summed E-state index contributed by atoms with van der Waals surface area (Å²) in [5.41, 5.74) is 6.79. The number of amides is 1. The van der Waals surface area contributed by atoms with Gasteiger partial charge in [-0.25, -0.2) is 0 Å². The maximum Gasteiger partial charge on any atom is 0.283 e. The number of aryl methyl sites for hydroxylation is 3.